The van der Waals surface area contributed by atoms with Crippen LogP contribution in [0.3, 0.4) is 0 Å². The molecule has 1 fully saturated rings. The summed E-state index contributed by atoms with van der Waals surface area (Å²) in [5, 5.41) is 11.3. The molecule has 1 saturated heterocycles. The van der Waals surface area contributed by atoms with E-state index >= 15 is 0 Å². The highest BCUT2D eigenvalue weighted by atomic mass is 32.2. The lowest BCUT2D eigenvalue weighted by Gasteiger charge is -2.32. The molecule has 3 aromatic rings. The van der Waals surface area contributed by atoms with Crippen molar-refractivity contribution in [1.82, 2.24) is 30.0 Å². The molecule has 0 atom stereocenters. The maximum Gasteiger partial charge on any atom is 0.234 e. The molecule has 0 unspecified atom stereocenters. The van der Waals surface area contributed by atoms with Gasteiger partial charge in [-0.1, -0.05) is 26.8 Å². The highest BCUT2D eigenvalue weighted by Gasteiger charge is 2.20. The molecule has 0 aliphatic carbocycles. The van der Waals surface area contributed by atoms with Gasteiger partial charge in [-0.05, 0) is 37.0 Å². The molecule has 2 aromatic heterocycles. The topological polar surface area (TPSA) is 112 Å². The summed E-state index contributed by atoms with van der Waals surface area (Å²) in [6.45, 7) is 10.1. The Balaban J connectivity index is 1.63. The third-order valence-corrected chi connectivity index (χ3v) is 5.94. The largest absolute Gasteiger partial charge is 0.399 e. The molecule has 1 aromatic carbocycles. The van der Waals surface area contributed by atoms with E-state index in [9.17, 15) is 0 Å². The van der Waals surface area contributed by atoms with Gasteiger partial charge in [0.05, 0.1) is 0 Å². The van der Waals surface area contributed by atoms with Crippen molar-refractivity contribution in [2.75, 3.05) is 49.2 Å². The number of H-pyrrole nitrogens is 1. The van der Waals surface area contributed by atoms with Gasteiger partial charge in [0.1, 0.15) is 0 Å². The van der Waals surface area contributed by atoms with Crippen LogP contribution in [0.25, 0.3) is 0 Å². The molecule has 4 N–H and O–H groups in total. The van der Waals surface area contributed by atoms with E-state index in [2.05, 4.69) is 58.1 Å². The zero-order valence-corrected chi connectivity index (χ0v) is 19.2. The molecular formula is C21H29N9S. The van der Waals surface area contributed by atoms with Crippen molar-refractivity contribution in [3.63, 3.8) is 0 Å². The second-order valence-corrected chi connectivity index (χ2v) is 9.79. The maximum atomic E-state index is 5.94. The minimum absolute atomic E-state index is 0.0225. The third kappa shape index (κ3) is 5.45. The number of piperazine rings is 1. The third-order valence-electron chi connectivity index (χ3n) is 5.08. The van der Waals surface area contributed by atoms with Gasteiger partial charge in [-0.25, -0.2) is 0 Å². The van der Waals surface area contributed by atoms with Crippen LogP contribution in [0.4, 0.5) is 23.4 Å². The van der Waals surface area contributed by atoms with E-state index in [1.807, 2.05) is 30.3 Å². The van der Waals surface area contributed by atoms with E-state index < -0.39 is 0 Å². The van der Waals surface area contributed by atoms with Crippen molar-refractivity contribution in [3.8, 4) is 0 Å². The van der Waals surface area contributed by atoms with Crippen molar-refractivity contribution in [2.24, 2.45) is 0 Å². The predicted molar refractivity (Wildman–Crippen MR) is 125 cm³/mol. The molecule has 9 nitrogen and oxygen atoms in total. The lowest BCUT2D eigenvalue weighted by Crippen LogP contribution is -2.45. The molecule has 1 aliphatic heterocycles. The first-order valence-electron chi connectivity index (χ1n) is 10.3. The summed E-state index contributed by atoms with van der Waals surface area (Å²) >= 11 is 1.47. The Morgan fingerprint density at radius 2 is 1.84 bits per heavy atom. The number of likely N-dealkylation sites (N-methyl/N-ethyl adjacent to an activating group) is 1. The standard InChI is InChI=1S/C21H29N9S/c1-21(2,3)16-13-17(28-27-16)23-18-24-19(30-10-8-29(4)9-11-30)26-20(25-18)31-15-7-5-6-14(22)12-15/h5-7,12-13H,8-11,22H2,1-4H3,(H2,23,24,25,26,27,28). The molecule has 10 heteroatoms. The summed E-state index contributed by atoms with van der Waals surface area (Å²) in [6, 6.07) is 9.70. The van der Waals surface area contributed by atoms with Crippen LogP contribution in [0.2, 0.25) is 0 Å². The normalized spacial score (nSPS) is 15.3. The molecule has 0 spiro atoms. The Morgan fingerprint density at radius 3 is 2.52 bits per heavy atom. The number of aromatic amines is 1. The number of anilines is 4. The molecule has 1 aliphatic rings. The first-order chi connectivity index (χ1) is 14.8. The molecule has 4 rings (SSSR count). The molecule has 164 valence electrons. The first kappa shape index (κ1) is 21.4. The molecule has 3 heterocycles. The summed E-state index contributed by atoms with van der Waals surface area (Å²) in [5.74, 6) is 1.83. The van der Waals surface area contributed by atoms with Crippen molar-refractivity contribution >= 4 is 35.2 Å². The highest BCUT2D eigenvalue weighted by molar-refractivity contribution is 7.99. The van der Waals surface area contributed by atoms with Crippen LogP contribution < -0.4 is 16.0 Å². The van der Waals surface area contributed by atoms with Gasteiger partial charge < -0.3 is 20.9 Å². The quantitative estimate of drug-likeness (QED) is 0.516. The average molecular weight is 440 g/mol. The number of rotatable bonds is 5. The van der Waals surface area contributed by atoms with E-state index in [4.69, 9.17) is 15.7 Å². The van der Waals surface area contributed by atoms with Crippen LogP contribution in [0, 0.1) is 0 Å². The number of aromatic nitrogens is 5. The van der Waals surface area contributed by atoms with Crippen molar-refractivity contribution in [1.29, 1.82) is 0 Å². The average Bonchev–Trinajstić information content (AvgIpc) is 3.17. The number of nitrogens with two attached hydrogens (primary N) is 1. The van der Waals surface area contributed by atoms with E-state index in [0.29, 0.717) is 28.6 Å². The highest BCUT2D eigenvalue weighted by Crippen LogP contribution is 2.29. The molecule has 0 saturated carbocycles. The Hall–Kier alpha value is -2.85. The zero-order chi connectivity index (χ0) is 22.0. The summed E-state index contributed by atoms with van der Waals surface area (Å²) in [6.07, 6.45) is 0. The zero-order valence-electron chi connectivity index (χ0n) is 18.4. The first-order valence-corrected chi connectivity index (χ1v) is 11.1. The summed E-state index contributed by atoms with van der Waals surface area (Å²) in [4.78, 5) is 19.5. The Labute approximate surface area is 186 Å². The van der Waals surface area contributed by atoms with Crippen LogP contribution in [-0.2, 0) is 5.41 Å². The fraction of sp³-hybridized carbons (Fsp3) is 0.429. The van der Waals surface area contributed by atoms with E-state index in [1.54, 1.807) is 0 Å². The van der Waals surface area contributed by atoms with Crippen molar-refractivity contribution < 1.29 is 0 Å². The van der Waals surface area contributed by atoms with Gasteiger partial charge in [0.15, 0.2) is 11.0 Å². The lowest BCUT2D eigenvalue weighted by atomic mass is 9.92. The Morgan fingerprint density at radius 1 is 1.06 bits per heavy atom. The maximum absolute atomic E-state index is 5.94. The minimum atomic E-state index is -0.0225. The number of nitrogen functional groups attached to an aromatic ring is 1. The second kappa shape index (κ2) is 8.72. The van der Waals surface area contributed by atoms with E-state index in [0.717, 1.165) is 36.8 Å². The van der Waals surface area contributed by atoms with Crippen molar-refractivity contribution in [3.05, 3.63) is 36.0 Å². The van der Waals surface area contributed by atoms with Crippen LogP contribution in [-0.4, -0.2) is 63.3 Å². The van der Waals surface area contributed by atoms with Gasteiger partial charge in [-0.3, -0.25) is 5.10 Å². The van der Waals surface area contributed by atoms with Crippen LogP contribution in [0.15, 0.2) is 40.4 Å². The molecule has 0 radical (unpaired) electrons. The molecule has 31 heavy (non-hydrogen) atoms. The number of nitrogens with zero attached hydrogens (tertiary/aromatic N) is 6. The fourth-order valence-electron chi connectivity index (χ4n) is 3.16. The van der Waals surface area contributed by atoms with Gasteiger partial charge in [0.2, 0.25) is 11.9 Å². The predicted octanol–water partition coefficient (Wildman–Crippen LogP) is 3.12. The van der Waals surface area contributed by atoms with Gasteiger partial charge in [-0.2, -0.15) is 20.1 Å². The van der Waals surface area contributed by atoms with E-state index in [-0.39, 0.29) is 5.41 Å². The number of hydrogen-bond acceptors (Lipinski definition) is 9. The SMILES string of the molecule is CN1CCN(c2nc(Nc3cc(C(C)(C)C)[nH]n3)nc(Sc3cccc(N)c3)n2)CC1. The summed E-state index contributed by atoms with van der Waals surface area (Å²) in [7, 11) is 2.13. The molecule has 0 bridgehead atoms. The van der Waals surface area contributed by atoms with Crippen LogP contribution in [0.1, 0.15) is 26.5 Å². The minimum Gasteiger partial charge on any atom is -0.399 e. The van der Waals surface area contributed by atoms with Crippen LogP contribution in [0.5, 0.6) is 0 Å². The summed E-state index contributed by atoms with van der Waals surface area (Å²) < 4.78 is 0. The number of nitrogens with one attached hydrogen (secondary N) is 2. The van der Waals surface area contributed by atoms with Gasteiger partial charge >= 0.3 is 0 Å². The smallest absolute Gasteiger partial charge is 0.234 e. The van der Waals surface area contributed by atoms with Gasteiger partial charge in [-0.15, -0.1) is 0 Å². The monoisotopic (exact) mass is 439 g/mol. The lowest BCUT2D eigenvalue weighted by molar-refractivity contribution is 0.311. The van der Waals surface area contributed by atoms with Crippen LogP contribution >= 0.6 is 11.8 Å². The fourth-order valence-corrected chi connectivity index (χ4v) is 3.98. The molecule has 0 amide bonds. The number of benzene rings is 1. The Kier molecular flexibility index (Phi) is 6.01. The second-order valence-electron chi connectivity index (χ2n) is 8.75. The summed E-state index contributed by atoms with van der Waals surface area (Å²) in [5.41, 5.74) is 7.67. The van der Waals surface area contributed by atoms with Gasteiger partial charge in [0, 0.05) is 53.9 Å². The van der Waals surface area contributed by atoms with E-state index in [1.165, 1.54) is 11.8 Å². The molecular weight excluding hydrogens is 410 g/mol. The number of hydrogen-bond donors (Lipinski definition) is 3. The Bertz CT molecular complexity index is 1040. The van der Waals surface area contributed by atoms with Crippen molar-refractivity contribution in [2.45, 2.75) is 36.2 Å². The van der Waals surface area contributed by atoms with Gasteiger partial charge in [0.25, 0.3) is 0 Å².